The number of aryl methyl sites for hydroxylation is 2. The molecular weight excluding hydrogens is 370 g/mol. The van der Waals surface area contributed by atoms with Crippen LogP contribution in [0, 0.1) is 13.8 Å². The molecule has 0 bridgehead atoms. The number of aromatic hydroxyl groups is 1. The number of nitrogens with one attached hydrogen (secondary N) is 1. The van der Waals surface area contributed by atoms with Gasteiger partial charge < -0.3 is 15.2 Å². The molecule has 5 nitrogen and oxygen atoms in total. The van der Waals surface area contributed by atoms with Crippen LogP contribution in [0.5, 0.6) is 11.5 Å². The lowest BCUT2D eigenvalue weighted by Crippen LogP contribution is -1.98. The van der Waals surface area contributed by atoms with Gasteiger partial charge in [0, 0.05) is 22.2 Å². The van der Waals surface area contributed by atoms with E-state index in [4.69, 9.17) is 4.74 Å². The summed E-state index contributed by atoms with van der Waals surface area (Å²) in [6, 6.07) is 15.1. The zero-order valence-electron chi connectivity index (χ0n) is 16.0. The largest absolute Gasteiger partial charge is 0.508 e. The van der Waals surface area contributed by atoms with Gasteiger partial charge >= 0.3 is 0 Å². The number of hydrogen-bond acceptors (Lipinski definition) is 6. The van der Waals surface area contributed by atoms with Crippen LogP contribution in [0.2, 0.25) is 0 Å². The molecule has 2 aromatic carbocycles. The Balaban J connectivity index is 1.86. The summed E-state index contributed by atoms with van der Waals surface area (Å²) in [7, 11) is 0. The maximum absolute atomic E-state index is 9.78. The fourth-order valence-corrected chi connectivity index (χ4v) is 4.35. The molecule has 2 aromatic heterocycles. The summed E-state index contributed by atoms with van der Waals surface area (Å²) in [5, 5.41) is 14.1. The molecular formula is C22H21N3O2S. The number of phenols is 1. The molecule has 0 fully saturated rings. The van der Waals surface area contributed by atoms with Crippen molar-refractivity contribution >= 4 is 33.1 Å². The van der Waals surface area contributed by atoms with Crippen molar-refractivity contribution in [3.8, 4) is 22.6 Å². The van der Waals surface area contributed by atoms with Gasteiger partial charge in [0.2, 0.25) is 0 Å². The van der Waals surface area contributed by atoms with E-state index in [1.807, 2.05) is 32.0 Å². The van der Waals surface area contributed by atoms with E-state index >= 15 is 0 Å². The summed E-state index contributed by atoms with van der Waals surface area (Å²) in [6.07, 6.45) is 0. The second-order valence-corrected chi connectivity index (χ2v) is 7.67. The van der Waals surface area contributed by atoms with E-state index in [1.54, 1.807) is 29.5 Å². The van der Waals surface area contributed by atoms with Crippen LogP contribution in [0.15, 0.2) is 48.5 Å². The molecule has 2 N–H and O–H groups in total. The molecule has 0 aliphatic carbocycles. The average molecular weight is 391 g/mol. The molecule has 2 heterocycles. The molecule has 0 aliphatic heterocycles. The first-order valence-corrected chi connectivity index (χ1v) is 9.94. The van der Waals surface area contributed by atoms with Crippen LogP contribution >= 0.6 is 11.3 Å². The van der Waals surface area contributed by atoms with Crippen LogP contribution < -0.4 is 10.1 Å². The number of phenolic OH excluding ortho intramolecular Hbond substituents is 1. The molecule has 142 valence electrons. The highest BCUT2D eigenvalue weighted by atomic mass is 32.1. The highest BCUT2D eigenvalue weighted by Crippen LogP contribution is 2.41. The molecule has 0 amide bonds. The summed E-state index contributed by atoms with van der Waals surface area (Å²) in [6.45, 7) is 6.61. The number of rotatable bonds is 5. The lowest BCUT2D eigenvalue weighted by atomic mass is 10.0. The maximum atomic E-state index is 9.78. The summed E-state index contributed by atoms with van der Waals surface area (Å²) in [5.41, 5.74) is 2.99. The molecule has 6 heteroatoms. The second kappa shape index (κ2) is 7.48. The van der Waals surface area contributed by atoms with Crippen LogP contribution in [0.3, 0.4) is 0 Å². The van der Waals surface area contributed by atoms with Crippen molar-refractivity contribution in [3.05, 3.63) is 59.2 Å². The van der Waals surface area contributed by atoms with Gasteiger partial charge in [-0.2, -0.15) is 0 Å². The summed E-state index contributed by atoms with van der Waals surface area (Å²) >= 11 is 1.66. The SMILES string of the molecule is CCOc1ccc(-c2c(C)sc3nc(C)nc(Nc4cccc(O)c4)c23)cc1. The smallest absolute Gasteiger partial charge is 0.143 e. The average Bonchev–Trinajstić information content (AvgIpc) is 2.98. The Morgan fingerprint density at radius 1 is 1.07 bits per heavy atom. The van der Waals surface area contributed by atoms with Crippen LogP contribution in [0.25, 0.3) is 21.3 Å². The highest BCUT2D eigenvalue weighted by molar-refractivity contribution is 7.19. The molecule has 0 radical (unpaired) electrons. The van der Waals surface area contributed by atoms with Crippen LogP contribution in [0.1, 0.15) is 17.6 Å². The van der Waals surface area contributed by atoms with E-state index in [9.17, 15) is 5.11 Å². The van der Waals surface area contributed by atoms with E-state index in [-0.39, 0.29) is 5.75 Å². The standard InChI is InChI=1S/C22H21N3O2S/c1-4-27-18-10-8-15(9-11-18)19-13(2)28-22-20(19)21(23-14(3)24-22)25-16-6-5-7-17(26)12-16/h5-12,26H,4H2,1-3H3,(H,23,24,25). The zero-order valence-corrected chi connectivity index (χ0v) is 16.8. The van der Waals surface area contributed by atoms with E-state index in [0.717, 1.165) is 38.6 Å². The van der Waals surface area contributed by atoms with Gasteiger partial charge in [-0.3, -0.25) is 0 Å². The van der Waals surface area contributed by atoms with Crippen molar-refractivity contribution in [2.75, 3.05) is 11.9 Å². The molecule has 0 atom stereocenters. The summed E-state index contributed by atoms with van der Waals surface area (Å²) in [5.74, 6) is 2.50. The molecule has 4 rings (SSSR count). The number of fused-ring (bicyclic) bond motifs is 1. The Labute approximate surface area is 167 Å². The lowest BCUT2D eigenvalue weighted by Gasteiger charge is -2.11. The van der Waals surface area contributed by atoms with Crippen molar-refractivity contribution in [2.45, 2.75) is 20.8 Å². The molecule has 0 unspecified atom stereocenters. The first kappa shape index (κ1) is 18.3. The Kier molecular flexibility index (Phi) is 4.88. The van der Waals surface area contributed by atoms with Crippen molar-refractivity contribution in [1.29, 1.82) is 0 Å². The molecule has 0 spiro atoms. The van der Waals surface area contributed by atoms with Crippen LogP contribution in [-0.4, -0.2) is 21.7 Å². The highest BCUT2D eigenvalue weighted by Gasteiger charge is 2.18. The van der Waals surface area contributed by atoms with Gasteiger partial charge in [0.15, 0.2) is 0 Å². The molecule has 0 aliphatic rings. The summed E-state index contributed by atoms with van der Waals surface area (Å²) < 4.78 is 5.57. The van der Waals surface area contributed by atoms with Crippen LogP contribution in [-0.2, 0) is 0 Å². The van der Waals surface area contributed by atoms with Gasteiger partial charge in [-0.05, 0) is 50.6 Å². The van der Waals surface area contributed by atoms with Gasteiger partial charge in [-0.1, -0.05) is 18.2 Å². The van der Waals surface area contributed by atoms with E-state index in [2.05, 4.69) is 34.3 Å². The topological polar surface area (TPSA) is 67.3 Å². The van der Waals surface area contributed by atoms with E-state index in [1.165, 1.54) is 4.88 Å². The van der Waals surface area contributed by atoms with E-state index in [0.29, 0.717) is 12.4 Å². The first-order chi connectivity index (χ1) is 13.5. The van der Waals surface area contributed by atoms with Crippen molar-refractivity contribution in [3.63, 3.8) is 0 Å². The zero-order chi connectivity index (χ0) is 19.7. The normalized spacial score (nSPS) is 11.0. The molecule has 28 heavy (non-hydrogen) atoms. The number of nitrogens with zero attached hydrogens (tertiary/aromatic N) is 2. The van der Waals surface area contributed by atoms with Gasteiger partial charge in [0.05, 0.1) is 12.0 Å². The minimum atomic E-state index is 0.209. The predicted octanol–water partition coefficient (Wildman–Crippen LogP) is 5.82. The molecule has 4 aromatic rings. The number of thiophene rings is 1. The minimum Gasteiger partial charge on any atom is -0.508 e. The van der Waals surface area contributed by atoms with E-state index < -0.39 is 0 Å². The Hall–Kier alpha value is -3.12. The summed E-state index contributed by atoms with van der Waals surface area (Å²) in [4.78, 5) is 11.4. The Morgan fingerprint density at radius 2 is 1.86 bits per heavy atom. The monoisotopic (exact) mass is 391 g/mol. The maximum Gasteiger partial charge on any atom is 0.143 e. The third-order valence-electron chi connectivity index (χ3n) is 4.40. The number of anilines is 2. The first-order valence-electron chi connectivity index (χ1n) is 9.12. The number of aromatic nitrogens is 2. The predicted molar refractivity (Wildman–Crippen MR) is 115 cm³/mol. The van der Waals surface area contributed by atoms with Gasteiger partial charge in [-0.15, -0.1) is 11.3 Å². The van der Waals surface area contributed by atoms with Gasteiger partial charge in [-0.25, -0.2) is 9.97 Å². The molecule has 0 saturated carbocycles. The van der Waals surface area contributed by atoms with Crippen molar-refractivity contribution in [2.24, 2.45) is 0 Å². The Morgan fingerprint density at radius 3 is 2.57 bits per heavy atom. The fourth-order valence-electron chi connectivity index (χ4n) is 3.26. The van der Waals surface area contributed by atoms with Crippen molar-refractivity contribution in [1.82, 2.24) is 9.97 Å². The number of benzene rings is 2. The lowest BCUT2D eigenvalue weighted by molar-refractivity contribution is 0.340. The number of ether oxygens (including phenoxy) is 1. The quantitative estimate of drug-likeness (QED) is 0.448. The van der Waals surface area contributed by atoms with Crippen LogP contribution in [0.4, 0.5) is 11.5 Å². The van der Waals surface area contributed by atoms with Crippen molar-refractivity contribution < 1.29 is 9.84 Å². The minimum absolute atomic E-state index is 0.209. The third-order valence-corrected chi connectivity index (χ3v) is 5.40. The molecule has 0 saturated heterocycles. The number of hydrogen-bond donors (Lipinski definition) is 2. The third kappa shape index (κ3) is 3.51. The van der Waals surface area contributed by atoms with Gasteiger partial charge in [0.25, 0.3) is 0 Å². The second-order valence-electron chi connectivity index (χ2n) is 6.47. The van der Waals surface area contributed by atoms with Gasteiger partial charge in [0.1, 0.15) is 28.0 Å². The Bertz CT molecular complexity index is 1140. The fraction of sp³-hybridized carbons (Fsp3) is 0.182.